The third-order valence-corrected chi connectivity index (χ3v) is 3.00. The summed E-state index contributed by atoms with van der Waals surface area (Å²) in [6, 6.07) is 8.45. The standard InChI is InChI=1S/C14H20N4/c1-10(2)14-13(8-15)16-17-18(14)9-12-6-4-5-11(3)7-12/h4-7,10H,8-9,15H2,1-3H3. The van der Waals surface area contributed by atoms with Gasteiger partial charge in [-0.05, 0) is 18.4 Å². The topological polar surface area (TPSA) is 56.7 Å². The molecule has 0 aliphatic carbocycles. The zero-order valence-electron chi connectivity index (χ0n) is 11.2. The molecule has 18 heavy (non-hydrogen) atoms. The highest BCUT2D eigenvalue weighted by molar-refractivity contribution is 5.23. The van der Waals surface area contributed by atoms with E-state index in [-0.39, 0.29) is 0 Å². The van der Waals surface area contributed by atoms with Gasteiger partial charge < -0.3 is 5.73 Å². The molecule has 0 saturated carbocycles. The van der Waals surface area contributed by atoms with E-state index in [1.165, 1.54) is 11.1 Å². The summed E-state index contributed by atoms with van der Waals surface area (Å²) < 4.78 is 1.96. The van der Waals surface area contributed by atoms with Crippen LogP contribution < -0.4 is 5.73 Å². The molecule has 1 heterocycles. The van der Waals surface area contributed by atoms with Crippen molar-refractivity contribution in [2.75, 3.05) is 0 Å². The van der Waals surface area contributed by atoms with Crippen molar-refractivity contribution in [1.82, 2.24) is 15.0 Å². The van der Waals surface area contributed by atoms with Crippen LogP contribution in [0, 0.1) is 6.92 Å². The highest BCUT2D eigenvalue weighted by atomic mass is 15.4. The lowest BCUT2D eigenvalue weighted by Gasteiger charge is -2.11. The molecule has 0 aliphatic rings. The van der Waals surface area contributed by atoms with Crippen LogP contribution in [0.15, 0.2) is 24.3 Å². The number of hydrogen-bond acceptors (Lipinski definition) is 3. The van der Waals surface area contributed by atoms with Gasteiger partial charge in [0.2, 0.25) is 0 Å². The van der Waals surface area contributed by atoms with Crippen LogP contribution in [0.2, 0.25) is 0 Å². The fourth-order valence-electron chi connectivity index (χ4n) is 2.23. The number of hydrogen-bond donors (Lipinski definition) is 1. The summed E-state index contributed by atoms with van der Waals surface area (Å²) in [5, 5.41) is 8.38. The van der Waals surface area contributed by atoms with Gasteiger partial charge in [-0.2, -0.15) is 0 Å². The molecule has 0 amide bonds. The Morgan fingerprint density at radius 1 is 1.33 bits per heavy atom. The van der Waals surface area contributed by atoms with E-state index in [2.05, 4.69) is 55.3 Å². The number of nitrogens with zero attached hydrogens (tertiary/aromatic N) is 3. The molecule has 0 bridgehead atoms. The Kier molecular flexibility index (Phi) is 3.77. The molecular weight excluding hydrogens is 224 g/mol. The molecule has 96 valence electrons. The maximum Gasteiger partial charge on any atom is 0.0997 e. The minimum atomic E-state index is 0.378. The fourth-order valence-corrected chi connectivity index (χ4v) is 2.23. The SMILES string of the molecule is Cc1cccc(Cn2nnc(CN)c2C(C)C)c1. The summed E-state index contributed by atoms with van der Waals surface area (Å²) in [5.41, 5.74) is 10.2. The van der Waals surface area contributed by atoms with Crippen LogP contribution in [-0.2, 0) is 13.1 Å². The average molecular weight is 244 g/mol. The first-order valence-electron chi connectivity index (χ1n) is 6.29. The number of aryl methyl sites for hydroxylation is 1. The molecule has 4 nitrogen and oxygen atoms in total. The molecule has 1 aromatic carbocycles. The summed E-state index contributed by atoms with van der Waals surface area (Å²) in [6.07, 6.45) is 0. The number of nitrogens with two attached hydrogens (primary N) is 1. The Balaban J connectivity index is 2.32. The zero-order chi connectivity index (χ0) is 13.1. The molecule has 0 saturated heterocycles. The molecule has 0 aliphatic heterocycles. The van der Waals surface area contributed by atoms with Crippen molar-refractivity contribution in [1.29, 1.82) is 0 Å². The second-order valence-corrected chi connectivity index (χ2v) is 4.93. The van der Waals surface area contributed by atoms with E-state index in [4.69, 9.17) is 5.73 Å². The lowest BCUT2D eigenvalue weighted by atomic mass is 10.1. The maximum atomic E-state index is 5.70. The van der Waals surface area contributed by atoms with Crippen LogP contribution in [0.25, 0.3) is 0 Å². The lowest BCUT2D eigenvalue weighted by Crippen LogP contribution is -2.10. The number of aromatic nitrogens is 3. The zero-order valence-corrected chi connectivity index (χ0v) is 11.2. The maximum absolute atomic E-state index is 5.70. The summed E-state index contributed by atoms with van der Waals surface area (Å²) in [4.78, 5) is 0. The Hall–Kier alpha value is -1.68. The van der Waals surface area contributed by atoms with Crippen molar-refractivity contribution < 1.29 is 0 Å². The van der Waals surface area contributed by atoms with Gasteiger partial charge in [0.1, 0.15) is 0 Å². The van der Waals surface area contributed by atoms with Gasteiger partial charge in [-0.3, -0.25) is 0 Å². The van der Waals surface area contributed by atoms with Crippen LogP contribution >= 0.6 is 0 Å². The van der Waals surface area contributed by atoms with Gasteiger partial charge in [0, 0.05) is 6.54 Å². The smallest absolute Gasteiger partial charge is 0.0997 e. The molecule has 0 atom stereocenters. The Morgan fingerprint density at radius 2 is 2.11 bits per heavy atom. The Morgan fingerprint density at radius 3 is 2.72 bits per heavy atom. The monoisotopic (exact) mass is 244 g/mol. The van der Waals surface area contributed by atoms with Gasteiger partial charge >= 0.3 is 0 Å². The first-order valence-corrected chi connectivity index (χ1v) is 6.29. The largest absolute Gasteiger partial charge is 0.325 e. The van der Waals surface area contributed by atoms with Crippen LogP contribution in [-0.4, -0.2) is 15.0 Å². The van der Waals surface area contributed by atoms with E-state index < -0.39 is 0 Å². The van der Waals surface area contributed by atoms with E-state index in [1.807, 2.05) is 4.68 Å². The molecule has 0 radical (unpaired) electrons. The highest BCUT2D eigenvalue weighted by Gasteiger charge is 2.14. The van der Waals surface area contributed by atoms with E-state index in [9.17, 15) is 0 Å². The van der Waals surface area contributed by atoms with Crippen molar-refractivity contribution in [3.63, 3.8) is 0 Å². The van der Waals surface area contributed by atoms with Crippen molar-refractivity contribution in [2.24, 2.45) is 5.73 Å². The molecule has 2 rings (SSSR count). The number of rotatable bonds is 4. The summed E-state index contributed by atoms with van der Waals surface area (Å²) in [5.74, 6) is 0.378. The molecular formula is C14H20N4. The van der Waals surface area contributed by atoms with Crippen molar-refractivity contribution >= 4 is 0 Å². The fraction of sp³-hybridized carbons (Fsp3) is 0.429. The van der Waals surface area contributed by atoms with Crippen LogP contribution in [0.4, 0.5) is 0 Å². The van der Waals surface area contributed by atoms with Crippen LogP contribution in [0.3, 0.4) is 0 Å². The molecule has 4 heteroatoms. The Labute approximate surface area is 108 Å². The summed E-state index contributed by atoms with van der Waals surface area (Å²) in [6.45, 7) is 7.58. The minimum absolute atomic E-state index is 0.378. The predicted molar refractivity (Wildman–Crippen MR) is 72.3 cm³/mol. The van der Waals surface area contributed by atoms with Crippen molar-refractivity contribution in [2.45, 2.75) is 39.8 Å². The van der Waals surface area contributed by atoms with E-state index >= 15 is 0 Å². The minimum Gasteiger partial charge on any atom is -0.325 e. The molecule has 0 unspecified atom stereocenters. The highest BCUT2D eigenvalue weighted by Crippen LogP contribution is 2.18. The second-order valence-electron chi connectivity index (χ2n) is 4.93. The molecule has 1 aromatic heterocycles. The van der Waals surface area contributed by atoms with Gasteiger partial charge in [0.15, 0.2) is 0 Å². The average Bonchev–Trinajstić information content (AvgIpc) is 2.72. The predicted octanol–water partition coefficient (Wildman–Crippen LogP) is 2.22. The first kappa shape index (κ1) is 12.8. The van der Waals surface area contributed by atoms with Gasteiger partial charge in [-0.15, -0.1) is 5.10 Å². The summed E-state index contributed by atoms with van der Waals surface area (Å²) >= 11 is 0. The van der Waals surface area contributed by atoms with Gasteiger partial charge in [-0.25, -0.2) is 4.68 Å². The van der Waals surface area contributed by atoms with E-state index in [0.717, 1.165) is 17.9 Å². The number of benzene rings is 1. The molecule has 0 spiro atoms. The molecule has 0 fully saturated rings. The van der Waals surface area contributed by atoms with Crippen LogP contribution in [0.5, 0.6) is 0 Å². The van der Waals surface area contributed by atoms with Crippen LogP contribution in [0.1, 0.15) is 42.3 Å². The van der Waals surface area contributed by atoms with Crippen molar-refractivity contribution in [3.05, 3.63) is 46.8 Å². The van der Waals surface area contributed by atoms with Gasteiger partial charge in [0.25, 0.3) is 0 Å². The summed E-state index contributed by atoms with van der Waals surface area (Å²) in [7, 11) is 0. The van der Waals surface area contributed by atoms with E-state index in [0.29, 0.717) is 12.5 Å². The molecule has 2 aromatic rings. The Bertz CT molecular complexity index is 528. The van der Waals surface area contributed by atoms with Crippen molar-refractivity contribution in [3.8, 4) is 0 Å². The first-order chi connectivity index (χ1) is 8.61. The third-order valence-electron chi connectivity index (χ3n) is 3.00. The second kappa shape index (κ2) is 5.31. The van der Waals surface area contributed by atoms with Gasteiger partial charge in [-0.1, -0.05) is 48.9 Å². The van der Waals surface area contributed by atoms with E-state index in [1.54, 1.807) is 0 Å². The molecule has 2 N–H and O–H groups in total. The quantitative estimate of drug-likeness (QED) is 0.897. The van der Waals surface area contributed by atoms with Gasteiger partial charge in [0.05, 0.1) is 17.9 Å². The lowest BCUT2D eigenvalue weighted by molar-refractivity contribution is 0.597. The normalized spacial score (nSPS) is 11.2. The third kappa shape index (κ3) is 2.59.